The molecule has 0 aliphatic rings. The zero-order valence-corrected chi connectivity index (χ0v) is 14.2. The second kappa shape index (κ2) is 6.57. The highest BCUT2D eigenvalue weighted by molar-refractivity contribution is 9.10. The first-order valence-electron chi connectivity index (χ1n) is 6.49. The topological polar surface area (TPSA) is 29.5 Å². The first kappa shape index (κ1) is 17.0. The Labute approximate surface area is 128 Å². The molecule has 0 bridgehead atoms. The molecule has 0 aliphatic carbocycles. The minimum Gasteiger partial charge on any atom is -0.443 e. The van der Waals surface area contributed by atoms with Crippen LogP contribution in [0.2, 0.25) is 0 Å². The van der Waals surface area contributed by atoms with Gasteiger partial charge < -0.3 is 4.74 Å². The van der Waals surface area contributed by atoms with Crippen molar-refractivity contribution >= 4 is 27.7 Å². The van der Waals surface area contributed by atoms with Gasteiger partial charge in [-0.05, 0) is 57.9 Å². The quantitative estimate of drug-likeness (QED) is 0.789. The minimum absolute atomic E-state index is 0.0184. The highest BCUT2D eigenvalue weighted by atomic mass is 79.9. The number of carbonyl (C=O) groups is 1. The highest BCUT2D eigenvalue weighted by Gasteiger charge is 2.23. The molecule has 0 spiro atoms. The number of benzene rings is 1. The molecule has 0 atom stereocenters. The Kier molecular flexibility index (Phi) is 5.57. The van der Waals surface area contributed by atoms with Crippen LogP contribution in [0.5, 0.6) is 0 Å². The predicted octanol–water partition coefficient (Wildman–Crippen LogP) is 4.78. The minimum atomic E-state index is -0.618. The van der Waals surface area contributed by atoms with E-state index in [9.17, 15) is 9.18 Å². The molecule has 1 rings (SSSR count). The average molecular weight is 346 g/mol. The van der Waals surface area contributed by atoms with E-state index in [1.165, 1.54) is 4.90 Å². The number of hydrogen-bond donors (Lipinski definition) is 0. The molecule has 20 heavy (non-hydrogen) atoms. The first-order valence-corrected chi connectivity index (χ1v) is 7.28. The molecule has 0 saturated carbocycles. The third kappa shape index (κ3) is 4.47. The fraction of sp³-hybridized carbons (Fsp3) is 0.533. The molecular weight excluding hydrogens is 325 g/mol. The summed E-state index contributed by atoms with van der Waals surface area (Å²) in [5, 5.41) is 0. The lowest BCUT2D eigenvalue weighted by atomic mass is 10.1. The van der Waals surface area contributed by atoms with Crippen molar-refractivity contribution in [1.29, 1.82) is 0 Å². The van der Waals surface area contributed by atoms with Crippen LogP contribution in [0.3, 0.4) is 0 Å². The van der Waals surface area contributed by atoms with E-state index in [1.54, 1.807) is 20.8 Å². The smallest absolute Gasteiger partial charge is 0.414 e. The maximum Gasteiger partial charge on any atom is 0.414 e. The van der Waals surface area contributed by atoms with Crippen molar-refractivity contribution in [3.63, 3.8) is 0 Å². The van der Waals surface area contributed by atoms with Crippen LogP contribution in [0.4, 0.5) is 14.9 Å². The van der Waals surface area contributed by atoms with E-state index < -0.39 is 18.4 Å². The molecule has 5 heteroatoms. The monoisotopic (exact) mass is 345 g/mol. The molecule has 0 unspecified atom stereocenters. The zero-order valence-electron chi connectivity index (χ0n) is 12.6. The summed E-state index contributed by atoms with van der Waals surface area (Å²) in [6.07, 6.45) is -0.531. The molecule has 112 valence electrons. The van der Waals surface area contributed by atoms with Crippen LogP contribution in [-0.2, 0) is 4.74 Å². The zero-order chi connectivity index (χ0) is 15.5. The summed E-state index contributed by atoms with van der Waals surface area (Å²) < 4.78 is 19.1. The molecule has 0 saturated heterocycles. The van der Waals surface area contributed by atoms with Gasteiger partial charge in [0.1, 0.15) is 12.3 Å². The maximum absolute atomic E-state index is 12.7. The van der Waals surface area contributed by atoms with Crippen molar-refractivity contribution in [3.8, 4) is 0 Å². The Morgan fingerprint density at radius 1 is 1.30 bits per heavy atom. The van der Waals surface area contributed by atoms with E-state index in [0.29, 0.717) is 5.69 Å². The lowest BCUT2D eigenvalue weighted by Gasteiger charge is -2.27. The van der Waals surface area contributed by atoms with E-state index in [0.717, 1.165) is 15.6 Å². The van der Waals surface area contributed by atoms with Gasteiger partial charge in [-0.3, -0.25) is 4.90 Å². The molecule has 0 aromatic heterocycles. The van der Waals surface area contributed by atoms with Gasteiger partial charge in [-0.2, -0.15) is 0 Å². The Hall–Kier alpha value is -1.10. The number of ether oxygens (including phenoxy) is 1. The molecule has 0 radical (unpaired) electrons. The number of hydrogen-bond acceptors (Lipinski definition) is 2. The van der Waals surface area contributed by atoms with Crippen LogP contribution in [0.15, 0.2) is 16.6 Å². The summed E-state index contributed by atoms with van der Waals surface area (Å²) in [7, 11) is 0. The van der Waals surface area contributed by atoms with Gasteiger partial charge in [0.2, 0.25) is 0 Å². The summed E-state index contributed by atoms with van der Waals surface area (Å²) in [6.45, 7) is 8.60. The molecule has 1 aromatic carbocycles. The van der Waals surface area contributed by atoms with Gasteiger partial charge in [-0.1, -0.05) is 15.9 Å². The summed E-state index contributed by atoms with van der Waals surface area (Å²) in [6, 6.07) is 3.69. The summed E-state index contributed by atoms with van der Waals surface area (Å²) in [5.74, 6) is 0. The average Bonchev–Trinajstić information content (AvgIpc) is 2.30. The number of amides is 1. The largest absolute Gasteiger partial charge is 0.443 e. The van der Waals surface area contributed by atoms with Gasteiger partial charge in [-0.15, -0.1) is 0 Å². The fourth-order valence-corrected chi connectivity index (χ4v) is 2.04. The fourth-order valence-electron chi connectivity index (χ4n) is 1.81. The second-order valence-corrected chi connectivity index (χ2v) is 6.51. The van der Waals surface area contributed by atoms with Crippen LogP contribution in [0.1, 0.15) is 31.9 Å². The van der Waals surface area contributed by atoms with Crippen LogP contribution in [-0.4, -0.2) is 24.9 Å². The molecule has 3 nitrogen and oxygen atoms in total. The molecule has 1 aromatic rings. The predicted molar refractivity (Wildman–Crippen MR) is 83.2 cm³/mol. The summed E-state index contributed by atoms with van der Waals surface area (Å²) in [5.41, 5.74) is 2.03. The number of halogens is 2. The lowest BCUT2D eigenvalue weighted by Crippen LogP contribution is -2.38. The third-order valence-electron chi connectivity index (χ3n) is 2.65. The number of anilines is 1. The van der Waals surface area contributed by atoms with Gasteiger partial charge in [0, 0.05) is 10.2 Å². The van der Waals surface area contributed by atoms with E-state index >= 15 is 0 Å². The number of nitrogens with zero attached hydrogens (tertiary/aromatic N) is 1. The van der Waals surface area contributed by atoms with Crippen molar-refractivity contribution in [2.75, 3.05) is 18.1 Å². The van der Waals surface area contributed by atoms with Gasteiger partial charge >= 0.3 is 6.09 Å². The van der Waals surface area contributed by atoms with Gasteiger partial charge in [0.25, 0.3) is 0 Å². The van der Waals surface area contributed by atoms with Crippen LogP contribution < -0.4 is 4.90 Å². The van der Waals surface area contributed by atoms with Crippen molar-refractivity contribution in [2.45, 2.75) is 40.2 Å². The summed E-state index contributed by atoms with van der Waals surface area (Å²) in [4.78, 5) is 13.5. The van der Waals surface area contributed by atoms with E-state index in [4.69, 9.17) is 4.74 Å². The molecule has 0 aliphatic heterocycles. The van der Waals surface area contributed by atoms with Gasteiger partial charge in [-0.25, -0.2) is 9.18 Å². The molecule has 0 N–H and O–H groups in total. The number of carbonyl (C=O) groups excluding carboxylic acids is 1. The van der Waals surface area contributed by atoms with Crippen LogP contribution >= 0.6 is 15.9 Å². The first-order chi connectivity index (χ1) is 9.15. The Morgan fingerprint density at radius 2 is 1.80 bits per heavy atom. The SMILES string of the molecule is Cc1cc(N(CCF)C(=O)OC(C)(C)C)cc(C)c1Br. The van der Waals surface area contributed by atoms with Crippen molar-refractivity contribution in [2.24, 2.45) is 0 Å². The number of aryl methyl sites for hydroxylation is 2. The van der Waals surface area contributed by atoms with Gasteiger partial charge in [0.15, 0.2) is 0 Å². The Balaban J connectivity index is 3.11. The van der Waals surface area contributed by atoms with Gasteiger partial charge in [0.05, 0.1) is 6.54 Å². The lowest BCUT2D eigenvalue weighted by molar-refractivity contribution is 0.0578. The second-order valence-electron chi connectivity index (χ2n) is 5.71. The standard InChI is InChI=1S/C15H21BrFNO2/c1-10-8-12(9-11(2)13(10)16)18(7-6-17)14(19)20-15(3,4)5/h8-9H,6-7H2,1-5H3. The Morgan fingerprint density at radius 3 is 2.20 bits per heavy atom. The Bertz CT molecular complexity index is 474. The van der Waals surface area contributed by atoms with E-state index in [2.05, 4.69) is 15.9 Å². The van der Waals surface area contributed by atoms with E-state index in [1.807, 2.05) is 26.0 Å². The van der Waals surface area contributed by atoms with E-state index in [-0.39, 0.29) is 6.54 Å². The van der Waals surface area contributed by atoms with Crippen molar-refractivity contribution in [1.82, 2.24) is 0 Å². The van der Waals surface area contributed by atoms with Crippen LogP contribution in [0.25, 0.3) is 0 Å². The molecular formula is C15H21BrFNO2. The maximum atomic E-state index is 12.7. The van der Waals surface area contributed by atoms with Crippen LogP contribution in [0, 0.1) is 13.8 Å². The molecule has 1 amide bonds. The number of alkyl halides is 1. The molecule has 0 heterocycles. The normalized spacial score (nSPS) is 11.3. The molecule has 0 fully saturated rings. The third-order valence-corrected chi connectivity index (χ3v) is 3.91. The summed E-state index contributed by atoms with van der Waals surface area (Å²) >= 11 is 3.48. The van der Waals surface area contributed by atoms with Crippen molar-refractivity contribution < 1.29 is 13.9 Å². The number of rotatable bonds is 3. The highest BCUT2D eigenvalue weighted by Crippen LogP contribution is 2.28. The van der Waals surface area contributed by atoms with Crippen molar-refractivity contribution in [3.05, 3.63) is 27.7 Å².